The Labute approximate surface area is 141 Å². The van der Waals surface area contributed by atoms with Gasteiger partial charge in [-0.1, -0.05) is 42.5 Å². The number of hydrogen-bond acceptors (Lipinski definition) is 3. The molecular weight excluding hydrogens is 302 g/mol. The van der Waals surface area contributed by atoms with Crippen molar-refractivity contribution in [3.05, 3.63) is 65.2 Å². The minimum Gasteiger partial charge on any atom is -0.481 e. The first-order chi connectivity index (χ1) is 11.7. The summed E-state index contributed by atoms with van der Waals surface area (Å²) in [6, 6.07) is 16.5. The first kappa shape index (κ1) is 15.2. The topological polar surface area (TPSA) is 58.6 Å². The lowest BCUT2D eigenvalue weighted by Gasteiger charge is -2.43. The van der Waals surface area contributed by atoms with Crippen LogP contribution in [0.4, 0.5) is 5.69 Å². The lowest BCUT2D eigenvalue weighted by atomic mass is 9.77. The third-order valence-electron chi connectivity index (χ3n) is 5.07. The van der Waals surface area contributed by atoms with Crippen molar-refractivity contribution in [1.29, 1.82) is 0 Å². The number of carbonyl (C=O) groups is 1. The standard InChI is InChI=1S/C20H21NO3/c22-18(23)12-13-7-9-14(10-8-13)19-16-5-3-11-24-20(16)15-4-1-2-6-17(15)21-19/h1-2,4,6-10,16,19-21H,3,5,11-12H2,(H,22,23). The molecule has 0 aromatic heterocycles. The lowest BCUT2D eigenvalue weighted by molar-refractivity contribution is -0.136. The van der Waals surface area contributed by atoms with Gasteiger partial charge in [0.05, 0.1) is 18.6 Å². The number of nitrogens with one attached hydrogen (secondary N) is 1. The fourth-order valence-corrected chi connectivity index (χ4v) is 3.97. The van der Waals surface area contributed by atoms with Crippen LogP contribution in [0, 0.1) is 5.92 Å². The molecule has 1 saturated heterocycles. The molecule has 3 atom stereocenters. The van der Waals surface area contributed by atoms with Gasteiger partial charge in [-0.2, -0.15) is 0 Å². The predicted octanol–water partition coefficient (Wildman–Crippen LogP) is 3.95. The van der Waals surface area contributed by atoms with Crippen LogP contribution in [0.15, 0.2) is 48.5 Å². The molecule has 2 heterocycles. The summed E-state index contributed by atoms with van der Waals surface area (Å²) in [5.74, 6) is -0.396. The second kappa shape index (κ2) is 6.29. The smallest absolute Gasteiger partial charge is 0.307 e. The molecule has 24 heavy (non-hydrogen) atoms. The monoisotopic (exact) mass is 323 g/mol. The number of anilines is 1. The number of hydrogen-bond donors (Lipinski definition) is 2. The minimum atomic E-state index is -0.798. The van der Waals surface area contributed by atoms with Gasteiger partial charge >= 0.3 is 5.97 Å². The number of ether oxygens (including phenoxy) is 1. The predicted molar refractivity (Wildman–Crippen MR) is 92.0 cm³/mol. The van der Waals surface area contributed by atoms with Crippen LogP contribution in [0.2, 0.25) is 0 Å². The normalized spacial score (nSPS) is 25.2. The minimum absolute atomic E-state index is 0.0658. The van der Waals surface area contributed by atoms with Gasteiger partial charge < -0.3 is 15.2 Å². The van der Waals surface area contributed by atoms with Gasteiger partial charge in [0, 0.05) is 23.8 Å². The number of aliphatic carboxylic acids is 1. The Morgan fingerprint density at radius 3 is 2.75 bits per heavy atom. The third-order valence-corrected chi connectivity index (χ3v) is 5.07. The highest BCUT2D eigenvalue weighted by Gasteiger charge is 2.39. The molecule has 1 fully saturated rings. The van der Waals surface area contributed by atoms with E-state index in [2.05, 4.69) is 35.6 Å². The maximum atomic E-state index is 10.9. The third kappa shape index (κ3) is 2.78. The first-order valence-electron chi connectivity index (χ1n) is 8.50. The second-order valence-electron chi connectivity index (χ2n) is 6.62. The molecule has 0 amide bonds. The van der Waals surface area contributed by atoms with Gasteiger partial charge in [-0.3, -0.25) is 4.79 Å². The first-order valence-corrected chi connectivity index (χ1v) is 8.50. The van der Waals surface area contributed by atoms with E-state index in [1.165, 1.54) is 11.1 Å². The van der Waals surface area contributed by atoms with Gasteiger partial charge in [0.15, 0.2) is 0 Å². The highest BCUT2D eigenvalue weighted by molar-refractivity contribution is 5.70. The molecule has 4 rings (SSSR count). The molecule has 2 N–H and O–H groups in total. The summed E-state index contributed by atoms with van der Waals surface area (Å²) in [5, 5.41) is 12.6. The summed E-state index contributed by atoms with van der Waals surface area (Å²) in [7, 11) is 0. The summed E-state index contributed by atoms with van der Waals surface area (Å²) in [4.78, 5) is 10.9. The van der Waals surface area contributed by atoms with E-state index < -0.39 is 5.97 Å². The summed E-state index contributed by atoms with van der Waals surface area (Å²) in [6.07, 6.45) is 2.42. The van der Waals surface area contributed by atoms with E-state index in [9.17, 15) is 4.79 Å². The number of benzene rings is 2. The zero-order valence-corrected chi connectivity index (χ0v) is 13.4. The van der Waals surface area contributed by atoms with Crippen molar-refractivity contribution in [2.75, 3.05) is 11.9 Å². The van der Waals surface area contributed by atoms with Gasteiger partial charge in [-0.15, -0.1) is 0 Å². The van der Waals surface area contributed by atoms with Crippen LogP contribution >= 0.6 is 0 Å². The Morgan fingerprint density at radius 2 is 1.96 bits per heavy atom. The van der Waals surface area contributed by atoms with Crippen LogP contribution in [0.25, 0.3) is 0 Å². The molecule has 4 nitrogen and oxygen atoms in total. The van der Waals surface area contributed by atoms with Crippen LogP contribution in [0.1, 0.15) is 41.7 Å². The van der Waals surface area contributed by atoms with Gasteiger partial charge in [0.1, 0.15) is 0 Å². The molecule has 124 valence electrons. The van der Waals surface area contributed by atoms with Crippen LogP contribution in [0.5, 0.6) is 0 Å². The number of carboxylic acids is 1. The van der Waals surface area contributed by atoms with Gasteiger partial charge in [0.25, 0.3) is 0 Å². The van der Waals surface area contributed by atoms with Crippen LogP contribution < -0.4 is 5.32 Å². The zero-order chi connectivity index (χ0) is 16.5. The van der Waals surface area contributed by atoms with Gasteiger partial charge in [0.2, 0.25) is 0 Å². The quantitative estimate of drug-likeness (QED) is 0.898. The molecule has 0 aliphatic carbocycles. The number of carboxylic acid groups (broad SMARTS) is 1. The van der Waals surface area contributed by atoms with Crippen molar-refractivity contribution in [3.63, 3.8) is 0 Å². The molecule has 4 heteroatoms. The molecule has 0 saturated carbocycles. The van der Waals surface area contributed by atoms with Crippen LogP contribution in [0.3, 0.4) is 0 Å². The highest BCUT2D eigenvalue weighted by Crippen LogP contribution is 2.48. The SMILES string of the molecule is O=C(O)Cc1ccc(C2Nc3ccccc3C3OCCCC23)cc1. The molecule has 2 aliphatic heterocycles. The fourth-order valence-electron chi connectivity index (χ4n) is 3.97. The lowest BCUT2D eigenvalue weighted by Crippen LogP contribution is -2.35. The Kier molecular flexibility index (Phi) is 3.98. The van der Waals surface area contributed by atoms with Crippen molar-refractivity contribution in [3.8, 4) is 0 Å². The molecule has 0 radical (unpaired) electrons. The largest absolute Gasteiger partial charge is 0.481 e. The summed E-state index contributed by atoms with van der Waals surface area (Å²) >= 11 is 0. The molecule has 0 bridgehead atoms. The molecule has 3 unspecified atom stereocenters. The van der Waals surface area contributed by atoms with E-state index in [1.54, 1.807) is 0 Å². The van der Waals surface area contributed by atoms with Gasteiger partial charge in [-0.05, 0) is 30.0 Å². The maximum absolute atomic E-state index is 10.9. The summed E-state index contributed by atoms with van der Waals surface area (Å²) < 4.78 is 6.12. The summed E-state index contributed by atoms with van der Waals surface area (Å²) in [5.41, 5.74) is 4.42. The van der Waals surface area contributed by atoms with Crippen molar-refractivity contribution in [1.82, 2.24) is 0 Å². The van der Waals surface area contributed by atoms with E-state index >= 15 is 0 Å². The number of fused-ring (bicyclic) bond motifs is 3. The number of para-hydroxylation sites is 1. The van der Waals surface area contributed by atoms with E-state index in [1.807, 2.05) is 18.2 Å². The Balaban J connectivity index is 1.66. The summed E-state index contributed by atoms with van der Waals surface area (Å²) in [6.45, 7) is 0.819. The zero-order valence-electron chi connectivity index (χ0n) is 13.4. The second-order valence-corrected chi connectivity index (χ2v) is 6.62. The van der Waals surface area contributed by atoms with Gasteiger partial charge in [-0.25, -0.2) is 0 Å². The number of rotatable bonds is 3. The maximum Gasteiger partial charge on any atom is 0.307 e. The molecule has 2 aliphatic rings. The van der Waals surface area contributed by atoms with E-state index in [0.717, 1.165) is 30.7 Å². The molecule has 2 aromatic carbocycles. The fraction of sp³-hybridized carbons (Fsp3) is 0.350. The average Bonchev–Trinajstić information content (AvgIpc) is 2.61. The average molecular weight is 323 g/mol. The van der Waals surface area contributed by atoms with E-state index in [-0.39, 0.29) is 18.6 Å². The molecular formula is C20H21NO3. The van der Waals surface area contributed by atoms with E-state index in [0.29, 0.717) is 5.92 Å². The van der Waals surface area contributed by atoms with Crippen LogP contribution in [-0.4, -0.2) is 17.7 Å². The van der Waals surface area contributed by atoms with Crippen molar-refractivity contribution in [2.24, 2.45) is 5.92 Å². The highest BCUT2D eigenvalue weighted by atomic mass is 16.5. The van der Waals surface area contributed by atoms with Crippen molar-refractivity contribution >= 4 is 11.7 Å². The Morgan fingerprint density at radius 1 is 1.17 bits per heavy atom. The molecule has 0 spiro atoms. The van der Waals surface area contributed by atoms with Crippen LogP contribution in [-0.2, 0) is 16.0 Å². The van der Waals surface area contributed by atoms with E-state index in [4.69, 9.17) is 9.84 Å². The van der Waals surface area contributed by atoms with Crippen molar-refractivity contribution in [2.45, 2.75) is 31.4 Å². The Hall–Kier alpha value is -2.33. The molecule has 2 aromatic rings. The van der Waals surface area contributed by atoms with Crippen molar-refractivity contribution < 1.29 is 14.6 Å². The Bertz CT molecular complexity index is 741.